The average molecular weight is 508 g/mol. The van der Waals surface area contributed by atoms with E-state index < -0.39 is 10.0 Å². The van der Waals surface area contributed by atoms with E-state index in [-0.39, 0.29) is 28.9 Å². The zero-order valence-corrected chi connectivity index (χ0v) is 21.5. The molecule has 1 aliphatic heterocycles. The quantitative estimate of drug-likeness (QED) is 0.524. The lowest BCUT2D eigenvalue weighted by molar-refractivity contribution is 0.100. The van der Waals surface area contributed by atoms with Crippen molar-refractivity contribution in [2.45, 2.75) is 69.4 Å². The first-order valence-corrected chi connectivity index (χ1v) is 14.3. The molecule has 2 aromatic heterocycles. The normalized spacial score (nSPS) is 28.6. The summed E-state index contributed by atoms with van der Waals surface area (Å²) < 4.78 is 33.0. The summed E-state index contributed by atoms with van der Waals surface area (Å²) >= 11 is 4.89. The van der Waals surface area contributed by atoms with Crippen LogP contribution in [0.4, 0.5) is 5.95 Å². The van der Waals surface area contributed by atoms with Crippen molar-refractivity contribution in [3.8, 4) is 6.01 Å². The van der Waals surface area contributed by atoms with Crippen LogP contribution in [-0.2, 0) is 10.0 Å². The van der Waals surface area contributed by atoms with Gasteiger partial charge in [0.1, 0.15) is 12.4 Å². The Morgan fingerprint density at radius 2 is 1.85 bits per heavy atom. The van der Waals surface area contributed by atoms with Gasteiger partial charge in [0.15, 0.2) is 0 Å². The third-order valence-corrected chi connectivity index (χ3v) is 9.54. The second-order valence-electron chi connectivity index (χ2n) is 10.3. The number of hydrogen-bond acceptors (Lipinski definition) is 9. The minimum absolute atomic E-state index is 0.0956. The molecule has 12 heteroatoms. The Kier molecular flexibility index (Phi) is 6.26. The number of nitrogens with zero attached hydrogens (tertiary/aromatic N) is 6. The van der Waals surface area contributed by atoms with E-state index in [1.165, 1.54) is 10.6 Å². The molecule has 10 nitrogen and oxygen atoms in total. The van der Waals surface area contributed by atoms with Crippen LogP contribution in [0.1, 0.15) is 62.8 Å². The van der Waals surface area contributed by atoms with E-state index in [2.05, 4.69) is 39.3 Å². The van der Waals surface area contributed by atoms with Crippen molar-refractivity contribution < 1.29 is 13.2 Å². The smallest absolute Gasteiger partial charge is 0.317 e. The van der Waals surface area contributed by atoms with Crippen LogP contribution in [0.2, 0.25) is 0 Å². The maximum atomic E-state index is 11.7. The number of hydrogen-bond donors (Lipinski definition) is 2. The maximum absolute atomic E-state index is 11.7. The van der Waals surface area contributed by atoms with Crippen LogP contribution < -0.4 is 10.1 Å². The highest BCUT2D eigenvalue weighted by atomic mass is 32.2. The first-order valence-electron chi connectivity index (χ1n) is 11.9. The Morgan fingerprint density at radius 3 is 2.47 bits per heavy atom. The van der Waals surface area contributed by atoms with Crippen LogP contribution in [0.25, 0.3) is 0 Å². The fourth-order valence-corrected chi connectivity index (χ4v) is 6.48. The van der Waals surface area contributed by atoms with Gasteiger partial charge in [0.05, 0.1) is 6.26 Å². The molecule has 2 aromatic rings. The third kappa shape index (κ3) is 4.76. The average Bonchev–Trinajstić information content (AvgIpc) is 3.28. The van der Waals surface area contributed by atoms with E-state index in [4.69, 9.17) is 17.4 Å². The van der Waals surface area contributed by atoms with Crippen molar-refractivity contribution in [3.63, 3.8) is 0 Å². The summed E-state index contributed by atoms with van der Waals surface area (Å²) in [5, 5.41) is 11.6. The lowest BCUT2D eigenvalue weighted by atomic mass is 9.69. The molecule has 0 bridgehead atoms. The molecule has 0 unspecified atom stereocenters. The second-order valence-corrected chi connectivity index (χ2v) is 12.9. The molecular weight excluding hydrogens is 474 g/mol. The maximum Gasteiger partial charge on any atom is 0.317 e. The Morgan fingerprint density at radius 1 is 1.18 bits per heavy atom. The monoisotopic (exact) mass is 507 g/mol. The van der Waals surface area contributed by atoms with E-state index in [1.54, 1.807) is 6.33 Å². The molecular formula is C22H33N7O3S2. The van der Waals surface area contributed by atoms with Gasteiger partial charge in [-0.15, -0.1) is 5.10 Å². The fraction of sp³-hybridized carbons (Fsp3) is 0.727. The summed E-state index contributed by atoms with van der Waals surface area (Å²) in [5.74, 6) is 1.06. The molecule has 1 N–H and O–H groups in total. The lowest BCUT2D eigenvalue weighted by Gasteiger charge is -2.39. The molecule has 1 saturated heterocycles. The second kappa shape index (κ2) is 8.94. The lowest BCUT2D eigenvalue weighted by Crippen LogP contribution is -2.42. The summed E-state index contributed by atoms with van der Waals surface area (Å²) in [7, 11) is -3.12. The van der Waals surface area contributed by atoms with Gasteiger partial charge < -0.3 is 10.1 Å². The number of rotatable bonds is 8. The predicted octanol–water partition coefficient (Wildman–Crippen LogP) is 2.70. The summed E-state index contributed by atoms with van der Waals surface area (Å²) in [6.45, 7) is 5.23. The number of ether oxygens (including phenoxy) is 1. The van der Waals surface area contributed by atoms with Gasteiger partial charge in [-0.05, 0) is 51.9 Å². The van der Waals surface area contributed by atoms with Crippen LogP contribution >= 0.6 is 12.6 Å². The van der Waals surface area contributed by atoms with E-state index in [1.807, 2.05) is 17.0 Å². The Bertz CT molecular complexity index is 1110. The first-order chi connectivity index (χ1) is 16.1. The van der Waals surface area contributed by atoms with Gasteiger partial charge in [-0.25, -0.2) is 22.7 Å². The molecule has 34 heavy (non-hydrogen) atoms. The van der Waals surface area contributed by atoms with Gasteiger partial charge >= 0.3 is 6.01 Å². The summed E-state index contributed by atoms with van der Waals surface area (Å²) in [6, 6.07) is 1.06. The molecule has 1 spiro atoms. The third-order valence-electron chi connectivity index (χ3n) is 7.51. The predicted molar refractivity (Wildman–Crippen MR) is 131 cm³/mol. The van der Waals surface area contributed by atoms with E-state index in [0.717, 1.165) is 37.7 Å². The highest BCUT2D eigenvalue weighted by molar-refractivity contribution is 7.88. The first kappa shape index (κ1) is 23.8. The zero-order chi connectivity index (χ0) is 24.1. The molecule has 3 heterocycles. The number of nitrogens with one attached hydrogen (secondary N) is 1. The fourth-order valence-electron chi connectivity index (χ4n) is 5.26. The van der Waals surface area contributed by atoms with Crippen molar-refractivity contribution in [1.82, 2.24) is 29.0 Å². The molecule has 186 valence electrons. The Hall–Kier alpha value is -1.92. The molecule has 3 fully saturated rings. The summed E-state index contributed by atoms with van der Waals surface area (Å²) in [5.41, 5.74) is 1.28. The van der Waals surface area contributed by atoms with Crippen LogP contribution in [0.3, 0.4) is 0 Å². The molecule has 0 aromatic carbocycles. The number of piperidine rings is 1. The van der Waals surface area contributed by atoms with Crippen LogP contribution in [-0.4, -0.2) is 68.9 Å². The zero-order valence-electron chi connectivity index (χ0n) is 19.8. The van der Waals surface area contributed by atoms with Gasteiger partial charge in [0.25, 0.3) is 0 Å². The minimum atomic E-state index is -3.12. The Labute approximate surface area is 206 Å². The Balaban J connectivity index is 1.09. The number of anilines is 1. The highest BCUT2D eigenvalue weighted by Crippen LogP contribution is 2.67. The van der Waals surface area contributed by atoms with Gasteiger partial charge in [0.2, 0.25) is 16.0 Å². The van der Waals surface area contributed by atoms with Crippen molar-refractivity contribution in [1.29, 1.82) is 0 Å². The van der Waals surface area contributed by atoms with Crippen LogP contribution in [0.15, 0.2) is 18.7 Å². The molecule has 2 saturated carbocycles. The summed E-state index contributed by atoms with van der Waals surface area (Å²) in [4.78, 5) is 9.00. The number of aromatic nitrogens is 5. The molecule has 5 rings (SSSR count). The molecule has 2 aliphatic carbocycles. The van der Waals surface area contributed by atoms with Gasteiger partial charge in [0, 0.05) is 53.8 Å². The van der Waals surface area contributed by atoms with Crippen molar-refractivity contribution in [3.05, 3.63) is 24.3 Å². The number of thiol groups is 1. The largest absolute Gasteiger partial charge is 0.460 e. The number of sulfonamides is 1. The molecule has 0 radical (unpaired) electrons. The SMILES string of the molecule is CC(C)n1cnnc1O[C@@H]1CC12CC([C@H](S)c1cnc(NC3CCN(S(C)(=O)=O)CC3)nc1)C2. The molecule has 2 atom stereocenters. The van der Waals surface area contributed by atoms with Gasteiger partial charge in [-0.3, -0.25) is 4.57 Å². The minimum Gasteiger partial charge on any atom is -0.460 e. The van der Waals surface area contributed by atoms with Crippen molar-refractivity contribution in [2.24, 2.45) is 11.3 Å². The van der Waals surface area contributed by atoms with E-state index in [9.17, 15) is 8.42 Å². The van der Waals surface area contributed by atoms with Gasteiger partial charge in [-0.1, -0.05) is 5.10 Å². The highest BCUT2D eigenvalue weighted by Gasteiger charge is 2.64. The summed E-state index contributed by atoms with van der Waals surface area (Å²) in [6.07, 6.45) is 11.6. The van der Waals surface area contributed by atoms with Crippen LogP contribution in [0.5, 0.6) is 6.01 Å². The van der Waals surface area contributed by atoms with Crippen molar-refractivity contribution >= 4 is 28.6 Å². The van der Waals surface area contributed by atoms with Crippen LogP contribution in [0, 0.1) is 11.3 Å². The van der Waals surface area contributed by atoms with Gasteiger partial charge in [-0.2, -0.15) is 12.6 Å². The van der Waals surface area contributed by atoms with E-state index >= 15 is 0 Å². The van der Waals surface area contributed by atoms with E-state index in [0.29, 0.717) is 31.0 Å². The topological polar surface area (TPSA) is 115 Å². The van der Waals surface area contributed by atoms with Crippen molar-refractivity contribution in [2.75, 3.05) is 24.7 Å². The molecule has 0 amide bonds. The standard InChI is InChI=1S/C22H33N7O3S2/c1-14(2)29-13-25-27-21(29)32-18-10-22(18)8-15(9-22)19(33)16-11-23-20(24-12-16)26-17-4-6-28(7-5-17)34(3,30)31/h11-15,17-19,33H,4-10H2,1-3H3,(H,23,24,26)/t15?,18-,19+,22?/m1/s1. The molecule has 3 aliphatic rings.